The van der Waals surface area contributed by atoms with Crippen LogP contribution in [0.25, 0.3) is 0 Å². The van der Waals surface area contributed by atoms with Crippen LogP contribution in [0.1, 0.15) is 5.56 Å². The lowest BCUT2D eigenvalue weighted by Crippen LogP contribution is -2.51. The average molecular weight is 365 g/mol. The number of amides is 1. The van der Waals surface area contributed by atoms with E-state index in [2.05, 4.69) is 0 Å². The van der Waals surface area contributed by atoms with Crippen molar-refractivity contribution in [2.45, 2.75) is 12.5 Å². The van der Waals surface area contributed by atoms with Crippen molar-refractivity contribution < 1.29 is 29.3 Å². The maximum atomic E-state index is 12.2. The number of hydrogen-bond donors (Lipinski definition) is 3. The number of rotatable bonds is 8. The molecule has 0 bridgehead atoms. The third-order valence-electron chi connectivity index (χ3n) is 4.14. The fourth-order valence-electron chi connectivity index (χ4n) is 2.65. The number of aliphatic carboxylic acids is 2. The van der Waals surface area contributed by atoms with Gasteiger partial charge in [0.15, 0.2) is 6.61 Å². The number of carbonyl (C=O) groups is 3. The highest BCUT2D eigenvalue weighted by Gasteiger charge is 2.22. The molecule has 1 aromatic rings. The molecule has 142 valence electrons. The van der Waals surface area contributed by atoms with E-state index >= 15 is 0 Å². The van der Waals surface area contributed by atoms with E-state index in [1.807, 2.05) is 0 Å². The minimum Gasteiger partial charge on any atom is -0.484 e. The van der Waals surface area contributed by atoms with Gasteiger partial charge in [-0.15, -0.1) is 0 Å². The first-order valence-electron chi connectivity index (χ1n) is 8.27. The molecule has 1 aromatic carbocycles. The molecule has 0 aliphatic carbocycles. The average Bonchev–Trinajstić information content (AvgIpc) is 2.61. The number of ether oxygens (including phenoxy) is 1. The highest BCUT2D eigenvalue weighted by molar-refractivity contribution is 5.78. The van der Waals surface area contributed by atoms with E-state index in [0.717, 1.165) is 5.56 Å². The van der Waals surface area contributed by atoms with Crippen molar-refractivity contribution in [2.24, 2.45) is 5.73 Å². The Balaban J connectivity index is 1.75. The molecule has 9 heteroatoms. The third kappa shape index (κ3) is 6.01. The summed E-state index contributed by atoms with van der Waals surface area (Å²) in [7, 11) is 0. The molecule has 26 heavy (non-hydrogen) atoms. The summed E-state index contributed by atoms with van der Waals surface area (Å²) in [6.07, 6.45) is 0.217. The van der Waals surface area contributed by atoms with E-state index in [1.54, 1.807) is 34.1 Å². The molecule has 0 aromatic heterocycles. The lowest BCUT2D eigenvalue weighted by Gasteiger charge is -2.33. The molecule has 1 heterocycles. The summed E-state index contributed by atoms with van der Waals surface area (Å²) in [5.41, 5.74) is 6.26. The molecule has 1 saturated heterocycles. The van der Waals surface area contributed by atoms with Gasteiger partial charge in [0, 0.05) is 26.2 Å². The van der Waals surface area contributed by atoms with Crippen molar-refractivity contribution in [3.8, 4) is 5.75 Å². The predicted molar refractivity (Wildman–Crippen MR) is 91.9 cm³/mol. The molecular weight excluding hydrogens is 342 g/mol. The van der Waals surface area contributed by atoms with Crippen LogP contribution in [0.5, 0.6) is 5.75 Å². The van der Waals surface area contributed by atoms with Gasteiger partial charge in [-0.3, -0.25) is 19.3 Å². The van der Waals surface area contributed by atoms with Gasteiger partial charge in [0.25, 0.3) is 5.91 Å². The summed E-state index contributed by atoms with van der Waals surface area (Å²) in [5.74, 6) is -1.58. The van der Waals surface area contributed by atoms with E-state index in [9.17, 15) is 14.4 Å². The van der Waals surface area contributed by atoms with Gasteiger partial charge in [-0.25, -0.2) is 0 Å². The van der Waals surface area contributed by atoms with Crippen molar-refractivity contribution >= 4 is 17.8 Å². The molecule has 1 amide bonds. The van der Waals surface area contributed by atoms with E-state index in [4.69, 9.17) is 20.7 Å². The fourth-order valence-corrected chi connectivity index (χ4v) is 2.65. The first-order valence-corrected chi connectivity index (χ1v) is 8.27. The Labute approximate surface area is 150 Å². The second-order valence-electron chi connectivity index (χ2n) is 6.13. The Bertz CT molecular complexity index is 640. The van der Waals surface area contributed by atoms with Crippen LogP contribution in [0.4, 0.5) is 0 Å². The Morgan fingerprint density at radius 2 is 1.69 bits per heavy atom. The second-order valence-corrected chi connectivity index (χ2v) is 6.13. The molecule has 0 unspecified atom stereocenters. The van der Waals surface area contributed by atoms with Gasteiger partial charge in [0.1, 0.15) is 11.8 Å². The van der Waals surface area contributed by atoms with E-state index < -0.39 is 18.0 Å². The number of carbonyl (C=O) groups excluding carboxylic acids is 1. The molecule has 1 atom stereocenters. The van der Waals surface area contributed by atoms with Gasteiger partial charge in [-0.05, 0) is 24.1 Å². The number of benzene rings is 1. The van der Waals surface area contributed by atoms with Crippen molar-refractivity contribution in [1.29, 1.82) is 0 Å². The van der Waals surface area contributed by atoms with Crippen molar-refractivity contribution in [3.63, 3.8) is 0 Å². The first-order chi connectivity index (χ1) is 12.3. The zero-order chi connectivity index (χ0) is 19.1. The summed E-state index contributed by atoms with van der Waals surface area (Å²) in [6.45, 7) is 1.87. The van der Waals surface area contributed by atoms with Crippen LogP contribution in [0.2, 0.25) is 0 Å². The minimum atomic E-state index is -1.06. The van der Waals surface area contributed by atoms with Crippen LogP contribution < -0.4 is 10.5 Å². The summed E-state index contributed by atoms with van der Waals surface area (Å²) in [5, 5.41) is 17.6. The molecule has 1 aliphatic rings. The quantitative estimate of drug-likeness (QED) is 0.548. The zero-order valence-corrected chi connectivity index (χ0v) is 14.3. The Kier molecular flexibility index (Phi) is 6.93. The highest BCUT2D eigenvalue weighted by Crippen LogP contribution is 2.14. The van der Waals surface area contributed by atoms with Gasteiger partial charge >= 0.3 is 11.9 Å². The first kappa shape index (κ1) is 19.7. The molecule has 1 aliphatic heterocycles. The number of nitrogens with zero attached hydrogens (tertiary/aromatic N) is 2. The molecule has 4 N–H and O–H groups in total. The third-order valence-corrected chi connectivity index (χ3v) is 4.14. The lowest BCUT2D eigenvalue weighted by atomic mass is 10.1. The van der Waals surface area contributed by atoms with Gasteiger partial charge in [0.05, 0.1) is 6.54 Å². The molecular formula is C17H23N3O6. The number of nitrogens with two attached hydrogens (primary N) is 1. The molecule has 0 spiro atoms. The smallest absolute Gasteiger partial charge is 0.320 e. The van der Waals surface area contributed by atoms with E-state index in [-0.39, 0.29) is 25.5 Å². The summed E-state index contributed by atoms with van der Waals surface area (Å²) >= 11 is 0. The van der Waals surface area contributed by atoms with Crippen LogP contribution in [0.3, 0.4) is 0 Å². The van der Waals surface area contributed by atoms with Crippen LogP contribution in [0, 0.1) is 0 Å². The molecule has 2 rings (SSSR count). The molecule has 0 radical (unpaired) electrons. The van der Waals surface area contributed by atoms with Gasteiger partial charge in [-0.2, -0.15) is 0 Å². The summed E-state index contributed by atoms with van der Waals surface area (Å²) in [6, 6.07) is 5.81. The summed E-state index contributed by atoms with van der Waals surface area (Å²) in [4.78, 5) is 37.0. The number of piperazine rings is 1. The Hall–Kier alpha value is -2.65. The number of carboxylic acids is 2. The van der Waals surface area contributed by atoms with Crippen molar-refractivity contribution in [3.05, 3.63) is 29.8 Å². The van der Waals surface area contributed by atoms with Crippen LogP contribution >= 0.6 is 0 Å². The van der Waals surface area contributed by atoms with E-state index in [0.29, 0.717) is 31.9 Å². The van der Waals surface area contributed by atoms with Gasteiger partial charge in [-0.1, -0.05) is 12.1 Å². The highest BCUT2D eigenvalue weighted by atomic mass is 16.5. The van der Waals surface area contributed by atoms with Crippen molar-refractivity contribution in [1.82, 2.24) is 9.80 Å². The molecule has 1 fully saturated rings. The standard InChI is InChI=1S/C17H23N3O6/c18-14(17(24)25)9-12-1-3-13(4-2-12)26-11-15(21)20-7-5-19(6-8-20)10-16(22)23/h1-4,14H,5-11,18H2,(H,22,23)(H,24,25)/t14-/m0/s1. The normalized spacial score (nSPS) is 16.1. The predicted octanol–water partition coefficient (Wildman–Crippen LogP) is -0.751. The van der Waals surface area contributed by atoms with Gasteiger partial charge in [0.2, 0.25) is 0 Å². The minimum absolute atomic E-state index is 0.0174. The maximum Gasteiger partial charge on any atom is 0.320 e. The summed E-state index contributed by atoms with van der Waals surface area (Å²) < 4.78 is 5.47. The SMILES string of the molecule is N[C@@H](Cc1ccc(OCC(=O)N2CCN(CC(=O)O)CC2)cc1)C(=O)O. The van der Waals surface area contributed by atoms with Crippen LogP contribution in [0.15, 0.2) is 24.3 Å². The van der Waals surface area contributed by atoms with E-state index in [1.165, 1.54) is 0 Å². The Morgan fingerprint density at radius 3 is 2.23 bits per heavy atom. The number of carboxylic acid groups (broad SMARTS) is 2. The fraction of sp³-hybridized carbons (Fsp3) is 0.471. The molecule has 9 nitrogen and oxygen atoms in total. The zero-order valence-electron chi connectivity index (χ0n) is 14.3. The maximum absolute atomic E-state index is 12.2. The lowest BCUT2D eigenvalue weighted by molar-refractivity contribution is -0.140. The topological polar surface area (TPSA) is 133 Å². The number of hydrogen-bond acceptors (Lipinski definition) is 6. The van der Waals surface area contributed by atoms with Crippen molar-refractivity contribution in [2.75, 3.05) is 39.3 Å². The van der Waals surface area contributed by atoms with Crippen LogP contribution in [-0.2, 0) is 20.8 Å². The Morgan fingerprint density at radius 1 is 1.08 bits per heavy atom. The monoisotopic (exact) mass is 365 g/mol. The van der Waals surface area contributed by atoms with Crippen LogP contribution in [-0.4, -0.2) is 83.2 Å². The second kappa shape index (κ2) is 9.16. The van der Waals surface area contributed by atoms with Gasteiger partial charge < -0.3 is 25.6 Å². The largest absolute Gasteiger partial charge is 0.484 e. The molecule has 0 saturated carbocycles.